The van der Waals surface area contributed by atoms with Crippen LogP contribution in [0, 0.1) is 28.1 Å². The van der Waals surface area contributed by atoms with Crippen molar-refractivity contribution in [3.8, 4) is 0 Å². The van der Waals surface area contributed by atoms with Gasteiger partial charge in [-0.1, -0.05) is 20.8 Å². The molecule has 1 spiro atoms. The first-order valence-corrected chi connectivity index (χ1v) is 7.30. The van der Waals surface area contributed by atoms with E-state index in [0.29, 0.717) is 12.8 Å². The van der Waals surface area contributed by atoms with Crippen molar-refractivity contribution in [1.82, 2.24) is 0 Å². The Labute approximate surface area is 117 Å². The second kappa shape index (κ2) is 3.21. The fraction of sp³-hybridized carbons (Fsp3) is 0.867. The number of carbonyl (C=O) groups excluding carboxylic acids is 2. The molecule has 0 amide bonds. The first-order valence-electron chi connectivity index (χ1n) is 7.30. The molecule has 4 aliphatic rings. The van der Waals surface area contributed by atoms with Gasteiger partial charge in [-0.3, -0.25) is 9.59 Å². The molecule has 0 aromatic rings. The molecule has 2 saturated carbocycles. The highest BCUT2D eigenvalue weighted by atomic mass is 16.7. The molecule has 0 aromatic heterocycles. The van der Waals surface area contributed by atoms with Gasteiger partial charge in [0.05, 0.1) is 23.9 Å². The van der Waals surface area contributed by atoms with Crippen LogP contribution in [0.1, 0.15) is 40.0 Å². The molecular weight excluding hydrogens is 260 g/mol. The van der Waals surface area contributed by atoms with Crippen molar-refractivity contribution in [3.05, 3.63) is 0 Å². The summed E-state index contributed by atoms with van der Waals surface area (Å²) in [4.78, 5) is 24.1. The first-order chi connectivity index (χ1) is 9.22. The summed E-state index contributed by atoms with van der Waals surface area (Å²) in [6.07, 6.45) is 0.263. The van der Waals surface area contributed by atoms with E-state index < -0.39 is 29.7 Å². The standard InChI is InChI=1S/C15H20O5/c1-13(2)6-14(3)5-9(17)19-12-15(14)8(13)4-7(16)10(15)11(18)20-12/h7-8,10,12,16H,4-6H2,1-3H3/t7-,8-,10-,12-,14-,15+/m0/s1. The van der Waals surface area contributed by atoms with Crippen LogP contribution in [-0.2, 0) is 19.1 Å². The molecule has 2 saturated heterocycles. The van der Waals surface area contributed by atoms with Crippen molar-refractivity contribution >= 4 is 11.9 Å². The summed E-state index contributed by atoms with van der Waals surface area (Å²) in [6.45, 7) is 6.39. The second-order valence-corrected chi connectivity index (χ2v) is 7.93. The predicted octanol–water partition coefficient (Wildman–Crippen LogP) is 1.24. The molecule has 2 aliphatic heterocycles. The normalized spacial score (nSPS) is 55.2. The van der Waals surface area contributed by atoms with Crippen LogP contribution in [0.3, 0.4) is 0 Å². The Morgan fingerprint density at radius 2 is 1.90 bits per heavy atom. The van der Waals surface area contributed by atoms with Gasteiger partial charge in [-0.2, -0.15) is 0 Å². The summed E-state index contributed by atoms with van der Waals surface area (Å²) in [6, 6.07) is 0. The first kappa shape index (κ1) is 12.6. The molecule has 110 valence electrons. The molecule has 0 radical (unpaired) electrons. The SMILES string of the molecule is CC1(C)C[C@]2(C)CC(=O)O[C@H]3OC(=O)[C@@H]4[C@@H](O)C[C@@H]1[C@]342. The number of carbonyl (C=O) groups is 2. The van der Waals surface area contributed by atoms with Crippen LogP contribution < -0.4 is 0 Å². The van der Waals surface area contributed by atoms with Crippen LogP contribution in [0.4, 0.5) is 0 Å². The number of aliphatic hydroxyl groups excluding tert-OH is 1. The number of hydrogen-bond acceptors (Lipinski definition) is 5. The predicted molar refractivity (Wildman–Crippen MR) is 67.1 cm³/mol. The Kier molecular flexibility index (Phi) is 2.03. The fourth-order valence-corrected chi connectivity index (χ4v) is 6.19. The number of hydrogen-bond donors (Lipinski definition) is 1. The molecule has 1 N–H and O–H groups in total. The maximum Gasteiger partial charge on any atom is 0.315 e. The van der Waals surface area contributed by atoms with E-state index in [1.165, 1.54) is 0 Å². The van der Waals surface area contributed by atoms with E-state index in [1.54, 1.807) is 0 Å². The zero-order chi connectivity index (χ0) is 14.5. The Balaban J connectivity index is 1.97. The van der Waals surface area contributed by atoms with Crippen molar-refractivity contribution in [1.29, 1.82) is 0 Å². The third-order valence-electron chi connectivity index (χ3n) is 6.43. The fourth-order valence-electron chi connectivity index (χ4n) is 6.19. The van der Waals surface area contributed by atoms with Crippen molar-refractivity contribution < 1.29 is 24.2 Å². The lowest BCUT2D eigenvalue weighted by molar-refractivity contribution is -0.229. The van der Waals surface area contributed by atoms with E-state index in [-0.39, 0.29) is 22.7 Å². The van der Waals surface area contributed by atoms with Gasteiger partial charge >= 0.3 is 11.9 Å². The van der Waals surface area contributed by atoms with Gasteiger partial charge in [-0.05, 0) is 29.6 Å². The third-order valence-corrected chi connectivity index (χ3v) is 6.43. The summed E-state index contributed by atoms with van der Waals surface area (Å²) in [5.41, 5.74) is -0.916. The lowest BCUT2D eigenvalue weighted by Crippen LogP contribution is -2.54. The van der Waals surface area contributed by atoms with Crippen LogP contribution >= 0.6 is 0 Å². The van der Waals surface area contributed by atoms with Crippen LogP contribution in [-0.4, -0.2) is 29.4 Å². The molecular formula is C15H20O5. The molecule has 0 aromatic carbocycles. The summed E-state index contributed by atoms with van der Waals surface area (Å²) in [5.74, 6) is -1.10. The molecule has 5 nitrogen and oxygen atoms in total. The molecule has 0 unspecified atom stereocenters. The van der Waals surface area contributed by atoms with Crippen LogP contribution in [0.5, 0.6) is 0 Å². The minimum Gasteiger partial charge on any atom is -0.424 e. The minimum absolute atomic E-state index is 0.0370. The van der Waals surface area contributed by atoms with Crippen LogP contribution in [0.15, 0.2) is 0 Å². The van der Waals surface area contributed by atoms with Crippen molar-refractivity contribution in [2.75, 3.05) is 0 Å². The molecule has 4 fully saturated rings. The van der Waals surface area contributed by atoms with E-state index >= 15 is 0 Å². The quantitative estimate of drug-likeness (QED) is 0.676. The zero-order valence-electron chi connectivity index (χ0n) is 12.0. The van der Waals surface area contributed by atoms with Crippen LogP contribution in [0.2, 0.25) is 0 Å². The van der Waals surface area contributed by atoms with Gasteiger partial charge in [0, 0.05) is 0 Å². The van der Waals surface area contributed by atoms with Gasteiger partial charge in [-0.25, -0.2) is 0 Å². The molecule has 4 rings (SSSR count). The number of esters is 2. The van der Waals surface area contributed by atoms with E-state index in [4.69, 9.17) is 9.47 Å². The average molecular weight is 280 g/mol. The summed E-state index contributed by atoms with van der Waals surface area (Å²) in [7, 11) is 0. The van der Waals surface area contributed by atoms with Gasteiger partial charge in [0.1, 0.15) is 0 Å². The Bertz CT molecular complexity index is 526. The summed E-state index contributed by atoms with van der Waals surface area (Å²) < 4.78 is 10.7. The highest BCUT2D eigenvalue weighted by Crippen LogP contribution is 2.77. The maximum atomic E-state index is 12.2. The van der Waals surface area contributed by atoms with Crippen LogP contribution in [0.25, 0.3) is 0 Å². The number of aliphatic hydroxyl groups is 1. The smallest absolute Gasteiger partial charge is 0.315 e. The van der Waals surface area contributed by atoms with E-state index in [9.17, 15) is 14.7 Å². The summed E-state index contributed by atoms with van der Waals surface area (Å²) in [5, 5.41) is 10.4. The Morgan fingerprint density at radius 1 is 1.20 bits per heavy atom. The zero-order valence-corrected chi connectivity index (χ0v) is 12.0. The summed E-state index contributed by atoms with van der Waals surface area (Å²) >= 11 is 0. The highest BCUT2D eigenvalue weighted by Gasteiger charge is 2.82. The molecule has 2 aliphatic carbocycles. The maximum absolute atomic E-state index is 12.2. The average Bonchev–Trinajstić information content (AvgIpc) is 2.79. The topological polar surface area (TPSA) is 72.8 Å². The third kappa shape index (κ3) is 1.08. The molecule has 5 heteroatoms. The molecule has 6 atom stereocenters. The largest absolute Gasteiger partial charge is 0.424 e. The van der Waals surface area contributed by atoms with Gasteiger partial charge < -0.3 is 14.6 Å². The monoisotopic (exact) mass is 280 g/mol. The molecule has 0 bridgehead atoms. The molecule has 2 heterocycles. The second-order valence-electron chi connectivity index (χ2n) is 7.93. The van der Waals surface area contributed by atoms with Gasteiger partial charge in [-0.15, -0.1) is 0 Å². The molecule has 20 heavy (non-hydrogen) atoms. The van der Waals surface area contributed by atoms with Crippen molar-refractivity contribution in [2.45, 2.75) is 52.4 Å². The van der Waals surface area contributed by atoms with Gasteiger partial charge in [0.25, 0.3) is 6.29 Å². The lowest BCUT2D eigenvalue weighted by Gasteiger charge is -2.47. The van der Waals surface area contributed by atoms with E-state index in [1.807, 2.05) is 0 Å². The number of rotatable bonds is 0. The lowest BCUT2D eigenvalue weighted by atomic mass is 9.57. The van der Waals surface area contributed by atoms with Crippen molar-refractivity contribution in [2.24, 2.45) is 28.1 Å². The Hall–Kier alpha value is -1.10. The Morgan fingerprint density at radius 3 is 2.60 bits per heavy atom. The number of ether oxygens (including phenoxy) is 2. The van der Waals surface area contributed by atoms with E-state index in [0.717, 1.165) is 6.42 Å². The van der Waals surface area contributed by atoms with Crippen molar-refractivity contribution in [3.63, 3.8) is 0 Å². The van der Waals surface area contributed by atoms with Gasteiger partial charge in [0.2, 0.25) is 0 Å². The van der Waals surface area contributed by atoms with E-state index in [2.05, 4.69) is 20.8 Å². The highest BCUT2D eigenvalue weighted by molar-refractivity contribution is 5.81. The minimum atomic E-state index is -0.810. The van der Waals surface area contributed by atoms with Gasteiger partial charge in [0.15, 0.2) is 0 Å².